The number of rotatable bonds is 6. The minimum atomic E-state index is -0.841. The van der Waals surface area contributed by atoms with Gasteiger partial charge in [0, 0.05) is 53.9 Å². The van der Waals surface area contributed by atoms with Gasteiger partial charge in [0.1, 0.15) is 6.04 Å². The Balaban J connectivity index is 1.40. The smallest absolute Gasteiger partial charge is 0.325 e. The lowest BCUT2D eigenvalue weighted by atomic mass is 9.96. The molecule has 0 radical (unpaired) electrons. The van der Waals surface area contributed by atoms with Crippen molar-refractivity contribution in [2.45, 2.75) is 12.1 Å². The summed E-state index contributed by atoms with van der Waals surface area (Å²) in [6.45, 7) is 2.89. The summed E-state index contributed by atoms with van der Waals surface area (Å²) in [5, 5.41) is 11.6. The maximum absolute atomic E-state index is 12.4. The van der Waals surface area contributed by atoms with Gasteiger partial charge in [-0.3, -0.25) is 14.6 Å². The fourth-order valence-electron chi connectivity index (χ4n) is 4.97. The number of hydrogen-bond donors (Lipinski definition) is 2. The highest BCUT2D eigenvalue weighted by molar-refractivity contribution is 6.31. The number of nitrogens with one attached hydrogen (secondary N) is 1. The van der Waals surface area contributed by atoms with Gasteiger partial charge in [-0.05, 0) is 29.3 Å². The number of benzene rings is 3. The third-order valence-electron chi connectivity index (χ3n) is 6.51. The standard InChI is InChI=1S/C27H26ClN3O2/c28-21-11-12-24-22(17-21)23(18-29-24)26(27(32)33)31-15-13-30(14-16-31)25(19-7-3-1-4-8-19)20-9-5-2-6-10-20/h1-12,17-18,25-26,29H,13-16H2,(H,32,33)/t26-/m0/s1. The molecule has 1 aliphatic heterocycles. The fraction of sp³-hybridized carbons (Fsp3) is 0.222. The van der Waals surface area contributed by atoms with Crippen LogP contribution in [0.25, 0.3) is 10.9 Å². The molecule has 0 saturated carbocycles. The van der Waals surface area contributed by atoms with Gasteiger partial charge in [-0.1, -0.05) is 72.3 Å². The van der Waals surface area contributed by atoms with E-state index < -0.39 is 12.0 Å². The zero-order valence-electron chi connectivity index (χ0n) is 18.2. The third-order valence-corrected chi connectivity index (χ3v) is 6.75. The Hall–Kier alpha value is -3.12. The number of carboxylic acid groups (broad SMARTS) is 1. The SMILES string of the molecule is O=C(O)[C@H](c1c[nH]c2ccc(Cl)cc12)N1CCN(C(c2ccccc2)c2ccccc2)CC1. The molecule has 1 saturated heterocycles. The predicted molar refractivity (Wildman–Crippen MR) is 132 cm³/mol. The van der Waals surface area contributed by atoms with Crippen LogP contribution in [0.5, 0.6) is 0 Å². The van der Waals surface area contributed by atoms with Crippen LogP contribution in [0.2, 0.25) is 5.02 Å². The quantitative estimate of drug-likeness (QED) is 0.408. The molecule has 1 atom stereocenters. The van der Waals surface area contributed by atoms with Crippen molar-refractivity contribution < 1.29 is 9.90 Å². The van der Waals surface area contributed by atoms with Crippen molar-refractivity contribution >= 4 is 28.5 Å². The highest BCUT2D eigenvalue weighted by atomic mass is 35.5. The van der Waals surface area contributed by atoms with Crippen LogP contribution >= 0.6 is 11.6 Å². The molecule has 168 valence electrons. The molecule has 1 aromatic heterocycles. The van der Waals surface area contributed by atoms with E-state index in [1.807, 2.05) is 36.5 Å². The van der Waals surface area contributed by atoms with E-state index in [1.54, 1.807) is 0 Å². The average molecular weight is 460 g/mol. The van der Waals surface area contributed by atoms with Gasteiger partial charge in [-0.2, -0.15) is 0 Å². The van der Waals surface area contributed by atoms with Gasteiger partial charge in [0.15, 0.2) is 0 Å². The number of fused-ring (bicyclic) bond motifs is 1. The normalized spacial score (nSPS) is 16.3. The average Bonchev–Trinajstić information content (AvgIpc) is 3.24. The lowest BCUT2D eigenvalue weighted by Gasteiger charge is -2.41. The maximum atomic E-state index is 12.4. The maximum Gasteiger partial charge on any atom is 0.325 e. The van der Waals surface area contributed by atoms with Gasteiger partial charge in [0.25, 0.3) is 0 Å². The van der Waals surface area contributed by atoms with E-state index in [-0.39, 0.29) is 6.04 Å². The molecule has 5 rings (SSSR count). The fourth-order valence-corrected chi connectivity index (χ4v) is 5.14. The van der Waals surface area contributed by atoms with E-state index in [4.69, 9.17) is 11.6 Å². The van der Waals surface area contributed by atoms with Crippen LogP contribution in [0.1, 0.15) is 28.8 Å². The minimum absolute atomic E-state index is 0.143. The summed E-state index contributed by atoms with van der Waals surface area (Å²) in [5.41, 5.74) is 4.15. The van der Waals surface area contributed by atoms with Gasteiger partial charge in [0.05, 0.1) is 6.04 Å². The van der Waals surface area contributed by atoms with Crippen molar-refractivity contribution in [3.8, 4) is 0 Å². The Morgan fingerprint density at radius 1 is 0.848 bits per heavy atom. The summed E-state index contributed by atoms with van der Waals surface area (Å²) >= 11 is 6.21. The molecule has 2 heterocycles. The van der Waals surface area contributed by atoms with E-state index in [0.29, 0.717) is 18.1 Å². The summed E-state index contributed by atoms with van der Waals surface area (Å²) in [5.74, 6) is -0.841. The number of aromatic nitrogens is 1. The second kappa shape index (κ2) is 9.40. The van der Waals surface area contributed by atoms with Crippen LogP contribution in [0.4, 0.5) is 0 Å². The van der Waals surface area contributed by atoms with Gasteiger partial charge >= 0.3 is 5.97 Å². The number of H-pyrrole nitrogens is 1. The van der Waals surface area contributed by atoms with Gasteiger partial charge in [-0.15, -0.1) is 0 Å². The third kappa shape index (κ3) is 4.40. The van der Waals surface area contributed by atoms with Crippen LogP contribution in [-0.2, 0) is 4.79 Å². The molecule has 0 unspecified atom stereocenters. The number of aliphatic carboxylic acids is 1. The topological polar surface area (TPSA) is 59.6 Å². The zero-order chi connectivity index (χ0) is 22.8. The number of nitrogens with zero attached hydrogens (tertiary/aromatic N) is 2. The first kappa shape index (κ1) is 21.7. The highest BCUT2D eigenvalue weighted by Crippen LogP contribution is 2.34. The Morgan fingerprint density at radius 2 is 1.42 bits per heavy atom. The van der Waals surface area contributed by atoms with Gasteiger partial charge in [0.2, 0.25) is 0 Å². The highest BCUT2D eigenvalue weighted by Gasteiger charge is 2.34. The lowest BCUT2D eigenvalue weighted by molar-refractivity contribution is -0.144. The molecular weight excluding hydrogens is 434 g/mol. The van der Waals surface area contributed by atoms with E-state index in [1.165, 1.54) is 11.1 Å². The van der Waals surface area contributed by atoms with Crippen LogP contribution < -0.4 is 0 Å². The van der Waals surface area contributed by atoms with Crippen LogP contribution in [0, 0.1) is 0 Å². The summed E-state index contributed by atoms with van der Waals surface area (Å²) in [6.07, 6.45) is 1.81. The molecule has 1 fully saturated rings. The van der Waals surface area contributed by atoms with E-state index >= 15 is 0 Å². The van der Waals surface area contributed by atoms with Crippen molar-refractivity contribution in [2.24, 2.45) is 0 Å². The Labute approximate surface area is 198 Å². The van der Waals surface area contributed by atoms with Crippen molar-refractivity contribution in [3.05, 3.63) is 107 Å². The summed E-state index contributed by atoms with van der Waals surface area (Å²) in [4.78, 5) is 20.1. The summed E-state index contributed by atoms with van der Waals surface area (Å²) < 4.78 is 0. The second-order valence-electron chi connectivity index (χ2n) is 8.47. The summed E-state index contributed by atoms with van der Waals surface area (Å²) in [7, 11) is 0. The summed E-state index contributed by atoms with van der Waals surface area (Å²) in [6, 6.07) is 26.0. The number of halogens is 1. The number of hydrogen-bond acceptors (Lipinski definition) is 3. The van der Waals surface area contributed by atoms with Crippen LogP contribution in [-0.4, -0.2) is 52.0 Å². The van der Waals surface area contributed by atoms with E-state index in [2.05, 4.69) is 63.3 Å². The first-order valence-corrected chi connectivity index (χ1v) is 11.6. The van der Waals surface area contributed by atoms with Crippen molar-refractivity contribution in [2.75, 3.05) is 26.2 Å². The Morgan fingerprint density at radius 3 is 2.00 bits per heavy atom. The first-order chi connectivity index (χ1) is 16.1. The zero-order valence-corrected chi connectivity index (χ0v) is 18.9. The molecule has 1 aliphatic rings. The molecule has 0 aliphatic carbocycles. The van der Waals surface area contributed by atoms with Gasteiger partial charge < -0.3 is 10.1 Å². The number of carbonyl (C=O) groups is 1. The predicted octanol–water partition coefficient (Wildman–Crippen LogP) is 5.35. The molecule has 4 aromatic rings. The van der Waals surface area contributed by atoms with E-state index in [9.17, 15) is 9.90 Å². The molecule has 33 heavy (non-hydrogen) atoms. The Kier molecular flexibility index (Phi) is 6.18. The second-order valence-corrected chi connectivity index (χ2v) is 8.91. The molecular formula is C27H26ClN3O2. The minimum Gasteiger partial charge on any atom is -0.480 e. The number of aromatic amines is 1. The van der Waals surface area contributed by atoms with Crippen molar-refractivity contribution in [3.63, 3.8) is 0 Å². The number of piperazine rings is 1. The molecule has 6 heteroatoms. The van der Waals surface area contributed by atoms with Crippen molar-refractivity contribution in [1.29, 1.82) is 0 Å². The molecule has 0 amide bonds. The largest absolute Gasteiger partial charge is 0.480 e. The number of carboxylic acids is 1. The van der Waals surface area contributed by atoms with Gasteiger partial charge in [-0.25, -0.2) is 0 Å². The van der Waals surface area contributed by atoms with Crippen molar-refractivity contribution in [1.82, 2.24) is 14.8 Å². The molecule has 0 spiro atoms. The van der Waals surface area contributed by atoms with Crippen LogP contribution in [0.3, 0.4) is 0 Å². The van der Waals surface area contributed by atoms with Crippen LogP contribution in [0.15, 0.2) is 85.1 Å². The molecule has 3 aromatic carbocycles. The Bertz CT molecular complexity index is 1190. The van der Waals surface area contributed by atoms with E-state index in [0.717, 1.165) is 29.6 Å². The first-order valence-electron chi connectivity index (χ1n) is 11.2. The molecule has 0 bridgehead atoms. The monoisotopic (exact) mass is 459 g/mol. The molecule has 5 nitrogen and oxygen atoms in total. The molecule has 2 N–H and O–H groups in total. The lowest BCUT2D eigenvalue weighted by Crippen LogP contribution is -2.50.